The van der Waals surface area contributed by atoms with Crippen molar-refractivity contribution in [2.75, 3.05) is 39.5 Å². The lowest BCUT2D eigenvalue weighted by atomic mass is 10.2. The highest BCUT2D eigenvalue weighted by Crippen LogP contribution is 2.25. The number of aliphatic imine (C=N–C) groups is 1. The predicted octanol–water partition coefficient (Wildman–Crippen LogP) is 3.67. The Morgan fingerprint density at radius 2 is 1.77 bits per heavy atom. The number of piperazine rings is 1. The highest BCUT2D eigenvalue weighted by atomic mass is 127. The molecule has 148 valence electrons. The molecule has 2 rings (SSSR count). The Morgan fingerprint density at radius 1 is 1.19 bits per heavy atom. The standard InChI is InChI=1S/C17H25F3N4S.HI/c1-13(17(18,19)20)23-8-10-24(11-9-23)16(21-2)22-12-14-4-6-15(25-3)7-5-14;/h4-7,13H,8-12H2,1-3H3,(H,21,22);1H. The van der Waals surface area contributed by atoms with Crippen LogP contribution >= 0.6 is 35.7 Å². The number of hydrogen-bond donors (Lipinski definition) is 1. The van der Waals surface area contributed by atoms with Gasteiger partial charge in [-0.2, -0.15) is 13.2 Å². The van der Waals surface area contributed by atoms with Crippen molar-refractivity contribution in [3.8, 4) is 0 Å². The van der Waals surface area contributed by atoms with E-state index in [9.17, 15) is 13.2 Å². The van der Waals surface area contributed by atoms with Crippen molar-refractivity contribution in [1.82, 2.24) is 15.1 Å². The van der Waals surface area contributed by atoms with Gasteiger partial charge in [0.2, 0.25) is 0 Å². The maximum absolute atomic E-state index is 12.8. The average molecular weight is 502 g/mol. The average Bonchev–Trinajstić information content (AvgIpc) is 2.62. The number of hydrogen-bond acceptors (Lipinski definition) is 3. The van der Waals surface area contributed by atoms with Crippen LogP contribution in [-0.4, -0.2) is 67.5 Å². The Kier molecular flexibility index (Phi) is 9.53. The summed E-state index contributed by atoms with van der Waals surface area (Å²) in [5.41, 5.74) is 1.14. The molecule has 1 aliphatic heterocycles. The van der Waals surface area contributed by atoms with Gasteiger partial charge in [0.1, 0.15) is 6.04 Å². The summed E-state index contributed by atoms with van der Waals surface area (Å²) in [6, 6.07) is 6.87. The zero-order valence-corrected chi connectivity index (χ0v) is 18.4. The van der Waals surface area contributed by atoms with Crippen molar-refractivity contribution in [1.29, 1.82) is 0 Å². The number of rotatable bonds is 4. The summed E-state index contributed by atoms with van der Waals surface area (Å²) in [4.78, 5) is 8.96. The van der Waals surface area contributed by atoms with E-state index >= 15 is 0 Å². The van der Waals surface area contributed by atoms with E-state index in [0.29, 0.717) is 32.7 Å². The van der Waals surface area contributed by atoms with Gasteiger partial charge in [-0.05, 0) is 30.9 Å². The van der Waals surface area contributed by atoms with Crippen molar-refractivity contribution in [3.05, 3.63) is 29.8 Å². The molecule has 1 saturated heterocycles. The molecule has 0 amide bonds. The maximum atomic E-state index is 12.8. The second-order valence-corrected chi connectivity index (χ2v) is 6.87. The Balaban J connectivity index is 0.00000338. The molecule has 1 atom stereocenters. The first-order chi connectivity index (χ1) is 11.8. The van der Waals surface area contributed by atoms with Crippen LogP contribution < -0.4 is 5.32 Å². The minimum absolute atomic E-state index is 0. The third kappa shape index (κ3) is 6.49. The predicted molar refractivity (Wildman–Crippen MR) is 112 cm³/mol. The Bertz CT molecular complexity index is 572. The quantitative estimate of drug-likeness (QED) is 0.295. The van der Waals surface area contributed by atoms with Gasteiger partial charge in [0.25, 0.3) is 0 Å². The summed E-state index contributed by atoms with van der Waals surface area (Å²) in [6.07, 6.45) is -2.14. The molecule has 1 N–H and O–H groups in total. The van der Waals surface area contributed by atoms with Gasteiger partial charge >= 0.3 is 6.18 Å². The van der Waals surface area contributed by atoms with Crippen LogP contribution in [-0.2, 0) is 6.54 Å². The van der Waals surface area contributed by atoms with E-state index in [-0.39, 0.29) is 24.0 Å². The zero-order valence-electron chi connectivity index (χ0n) is 15.2. The molecule has 0 saturated carbocycles. The van der Waals surface area contributed by atoms with E-state index in [2.05, 4.69) is 34.6 Å². The monoisotopic (exact) mass is 502 g/mol. The topological polar surface area (TPSA) is 30.9 Å². The fourth-order valence-corrected chi connectivity index (χ4v) is 3.19. The number of nitrogens with one attached hydrogen (secondary N) is 1. The SMILES string of the molecule is CN=C(NCc1ccc(SC)cc1)N1CCN(C(C)C(F)(F)F)CC1.I. The number of nitrogens with zero attached hydrogens (tertiary/aromatic N) is 3. The molecule has 0 radical (unpaired) electrons. The van der Waals surface area contributed by atoms with Crippen LogP contribution in [0.2, 0.25) is 0 Å². The van der Waals surface area contributed by atoms with Crippen LogP contribution in [0.3, 0.4) is 0 Å². The van der Waals surface area contributed by atoms with Crippen molar-refractivity contribution in [2.45, 2.75) is 30.6 Å². The van der Waals surface area contributed by atoms with Gasteiger partial charge in [-0.1, -0.05) is 12.1 Å². The Hall–Kier alpha value is -0.680. The molecular weight excluding hydrogens is 476 g/mol. The molecular formula is C17H26F3IN4S. The van der Waals surface area contributed by atoms with Crippen molar-refractivity contribution in [2.24, 2.45) is 4.99 Å². The van der Waals surface area contributed by atoms with Gasteiger partial charge in [0.05, 0.1) is 0 Å². The van der Waals surface area contributed by atoms with Gasteiger partial charge in [-0.3, -0.25) is 9.89 Å². The third-order valence-corrected chi connectivity index (χ3v) is 5.20. The minimum Gasteiger partial charge on any atom is -0.352 e. The molecule has 0 bridgehead atoms. The molecule has 0 aliphatic carbocycles. The minimum atomic E-state index is -4.18. The second kappa shape index (κ2) is 10.6. The van der Waals surface area contributed by atoms with Crippen LogP contribution in [0, 0.1) is 0 Å². The first-order valence-corrected chi connectivity index (χ1v) is 9.47. The smallest absolute Gasteiger partial charge is 0.352 e. The lowest BCUT2D eigenvalue weighted by Crippen LogP contribution is -2.56. The molecule has 1 aromatic rings. The molecule has 1 aliphatic rings. The maximum Gasteiger partial charge on any atom is 0.403 e. The van der Waals surface area contributed by atoms with Gasteiger partial charge < -0.3 is 10.2 Å². The van der Waals surface area contributed by atoms with Crippen molar-refractivity contribution in [3.63, 3.8) is 0 Å². The second-order valence-electron chi connectivity index (χ2n) is 5.99. The van der Waals surface area contributed by atoms with Crippen molar-refractivity contribution < 1.29 is 13.2 Å². The molecule has 1 fully saturated rings. The molecule has 4 nitrogen and oxygen atoms in total. The van der Waals surface area contributed by atoms with Gasteiger partial charge in [-0.15, -0.1) is 35.7 Å². The first kappa shape index (κ1) is 23.4. The van der Waals surface area contributed by atoms with E-state index in [1.807, 2.05) is 11.2 Å². The Morgan fingerprint density at radius 3 is 2.23 bits per heavy atom. The van der Waals surface area contributed by atoms with E-state index < -0.39 is 12.2 Å². The highest BCUT2D eigenvalue weighted by Gasteiger charge is 2.41. The van der Waals surface area contributed by atoms with Gasteiger partial charge in [-0.25, -0.2) is 0 Å². The summed E-state index contributed by atoms with van der Waals surface area (Å²) >= 11 is 1.70. The van der Waals surface area contributed by atoms with Gasteiger partial charge in [0.15, 0.2) is 5.96 Å². The molecule has 0 aromatic heterocycles. The summed E-state index contributed by atoms with van der Waals surface area (Å²) in [5, 5.41) is 3.30. The van der Waals surface area contributed by atoms with E-state index in [1.54, 1.807) is 18.8 Å². The van der Waals surface area contributed by atoms with E-state index in [1.165, 1.54) is 16.7 Å². The number of guanidine groups is 1. The highest BCUT2D eigenvalue weighted by molar-refractivity contribution is 14.0. The number of halogens is 4. The largest absolute Gasteiger partial charge is 0.403 e. The zero-order chi connectivity index (χ0) is 18.4. The number of thioether (sulfide) groups is 1. The fourth-order valence-electron chi connectivity index (χ4n) is 2.78. The molecule has 26 heavy (non-hydrogen) atoms. The Labute approximate surface area is 174 Å². The lowest BCUT2D eigenvalue weighted by Gasteiger charge is -2.39. The van der Waals surface area contributed by atoms with Crippen LogP contribution in [0.1, 0.15) is 12.5 Å². The van der Waals surface area contributed by atoms with Crippen molar-refractivity contribution >= 4 is 41.7 Å². The number of benzene rings is 1. The molecule has 0 spiro atoms. The first-order valence-electron chi connectivity index (χ1n) is 8.24. The van der Waals surface area contributed by atoms with Crippen LogP contribution in [0.25, 0.3) is 0 Å². The molecule has 9 heteroatoms. The van der Waals surface area contributed by atoms with Crippen LogP contribution in [0.4, 0.5) is 13.2 Å². The summed E-state index contributed by atoms with van der Waals surface area (Å²) < 4.78 is 38.5. The third-order valence-electron chi connectivity index (χ3n) is 4.46. The lowest BCUT2D eigenvalue weighted by molar-refractivity contribution is -0.181. The number of alkyl halides is 3. The van der Waals surface area contributed by atoms with Crippen LogP contribution in [0.15, 0.2) is 34.2 Å². The molecule has 1 aromatic carbocycles. The molecule has 1 heterocycles. The van der Waals surface area contributed by atoms with Crippen LogP contribution in [0.5, 0.6) is 0 Å². The molecule has 1 unspecified atom stereocenters. The van der Waals surface area contributed by atoms with E-state index in [4.69, 9.17) is 0 Å². The summed E-state index contributed by atoms with van der Waals surface area (Å²) in [6.45, 7) is 3.69. The fraction of sp³-hybridized carbons (Fsp3) is 0.588. The normalized spacial score (nSPS) is 17.6. The van der Waals surface area contributed by atoms with Gasteiger partial charge in [0, 0.05) is 44.7 Å². The summed E-state index contributed by atoms with van der Waals surface area (Å²) in [7, 11) is 1.70. The van der Waals surface area contributed by atoms with E-state index in [0.717, 1.165) is 11.5 Å². The summed E-state index contributed by atoms with van der Waals surface area (Å²) in [5.74, 6) is 0.730.